The van der Waals surface area contributed by atoms with Crippen LogP contribution in [0.15, 0.2) is 86.8 Å². The lowest BCUT2D eigenvalue weighted by molar-refractivity contribution is 0.602. The van der Waals surface area contributed by atoms with Gasteiger partial charge < -0.3 is 8.83 Å². The SMILES string of the molecule is O=c1ccoc2ccccc12.c1ccc2occc2c1. The number of benzene rings is 2. The molecule has 0 aliphatic rings. The number of rotatable bonds is 0. The van der Waals surface area contributed by atoms with Gasteiger partial charge in [0.25, 0.3) is 0 Å². The van der Waals surface area contributed by atoms with Crippen LogP contribution in [0.1, 0.15) is 0 Å². The molecule has 0 saturated carbocycles. The lowest BCUT2D eigenvalue weighted by Gasteiger charge is -1.91. The summed E-state index contributed by atoms with van der Waals surface area (Å²) in [5.41, 5.74) is 1.60. The van der Waals surface area contributed by atoms with E-state index in [-0.39, 0.29) is 5.43 Å². The Morgan fingerprint density at radius 1 is 0.650 bits per heavy atom. The van der Waals surface area contributed by atoms with Gasteiger partial charge in [-0.2, -0.15) is 0 Å². The molecule has 3 nitrogen and oxygen atoms in total. The van der Waals surface area contributed by atoms with Gasteiger partial charge >= 0.3 is 0 Å². The average molecular weight is 264 g/mol. The van der Waals surface area contributed by atoms with Crippen molar-refractivity contribution in [1.29, 1.82) is 0 Å². The Hall–Kier alpha value is -2.81. The van der Waals surface area contributed by atoms with E-state index in [4.69, 9.17) is 8.83 Å². The van der Waals surface area contributed by atoms with Crippen LogP contribution in [-0.2, 0) is 0 Å². The molecule has 2 aromatic heterocycles. The highest BCUT2D eigenvalue weighted by Gasteiger charge is 1.95. The summed E-state index contributed by atoms with van der Waals surface area (Å²) >= 11 is 0. The van der Waals surface area contributed by atoms with E-state index in [2.05, 4.69) is 0 Å². The van der Waals surface area contributed by atoms with Crippen molar-refractivity contribution < 1.29 is 8.83 Å². The Balaban J connectivity index is 0.000000123. The standard InChI is InChI=1S/C9H6O2.C8H6O/c10-8-5-6-11-9-4-2-1-3-7(8)9;1-2-4-8-7(3-1)5-6-9-8/h1-6H;1-6H. The van der Waals surface area contributed by atoms with E-state index in [1.165, 1.54) is 12.3 Å². The molecule has 98 valence electrons. The smallest absolute Gasteiger partial charge is 0.192 e. The normalized spacial score (nSPS) is 10.2. The molecule has 0 atom stereocenters. The molecule has 0 saturated heterocycles. The Morgan fingerprint density at radius 3 is 2.10 bits per heavy atom. The summed E-state index contributed by atoms with van der Waals surface area (Å²) in [5.74, 6) is 0. The van der Waals surface area contributed by atoms with Crippen LogP contribution in [0.2, 0.25) is 0 Å². The van der Waals surface area contributed by atoms with Crippen molar-refractivity contribution in [3.63, 3.8) is 0 Å². The van der Waals surface area contributed by atoms with Crippen molar-refractivity contribution in [2.45, 2.75) is 0 Å². The van der Waals surface area contributed by atoms with Crippen LogP contribution in [0, 0.1) is 0 Å². The molecule has 0 amide bonds. The topological polar surface area (TPSA) is 43.4 Å². The van der Waals surface area contributed by atoms with Gasteiger partial charge in [0.05, 0.1) is 17.9 Å². The molecule has 0 fully saturated rings. The van der Waals surface area contributed by atoms with Crippen LogP contribution in [0.25, 0.3) is 21.9 Å². The first kappa shape index (κ1) is 12.2. The molecular weight excluding hydrogens is 252 g/mol. The van der Waals surface area contributed by atoms with Crippen molar-refractivity contribution in [3.05, 3.63) is 83.4 Å². The van der Waals surface area contributed by atoms with Gasteiger partial charge in [0.1, 0.15) is 11.2 Å². The second kappa shape index (κ2) is 5.45. The molecule has 4 aromatic rings. The Morgan fingerprint density at radius 2 is 1.30 bits per heavy atom. The maximum Gasteiger partial charge on any atom is 0.192 e. The minimum absolute atomic E-state index is 0.00634. The third-order valence-corrected chi connectivity index (χ3v) is 2.93. The summed E-state index contributed by atoms with van der Waals surface area (Å²) in [6.07, 6.45) is 3.11. The fourth-order valence-electron chi connectivity index (χ4n) is 1.94. The molecule has 0 unspecified atom stereocenters. The number of hydrogen-bond donors (Lipinski definition) is 0. The quantitative estimate of drug-likeness (QED) is 0.477. The molecular formula is C17H12O3. The van der Waals surface area contributed by atoms with Crippen molar-refractivity contribution >= 4 is 21.9 Å². The summed E-state index contributed by atoms with van der Waals surface area (Å²) < 4.78 is 10.2. The minimum atomic E-state index is 0.00634. The fraction of sp³-hybridized carbons (Fsp3) is 0. The van der Waals surface area contributed by atoms with Gasteiger partial charge in [-0.15, -0.1) is 0 Å². The molecule has 0 N–H and O–H groups in total. The maximum atomic E-state index is 11.1. The molecule has 0 bridgehead atoms. The first-order valence-electron chi connectivity index (χ1n) is 6.23. The predicted molar refractivity (Wildman–Crippen MR) is 78.7 cm³/mol. The zero-order valence-electron chi connectivity index (χ0n) is 10.7. The molecule has 0 spiro atoms. The van der Waals surface area contributed by atoms with E-state index in [1.54, 1.807) is 18.4 Å². The number of para-hydroxylation sites is 2. The van der Waals surface area contributed by atoms with Gasteiger partial charge in [-0.25, -0.2) is 0 Å². The second-order valence-electron chi connectivity index (χ2n) is 4.24. The average Bonchev–Trinajstić information content (AvgIpc) is 2.97. The van der Waals surface area contributed by atoms with Crippen molar-refractivity contribution in [2.75, 3.05) is 0 Å². The number of fused-ring (bicyclic) bond motifs is 2. The number of hydrogen-bond acceptors (Lipinski definition) is 3. The van der Waals surface area contributed by atoms with Gasteiger partial charge in [0.2, 0.25) is 0 Å². The van der Waals surface area contributed by atoms with Crippen molar-refractivity contribution in [2.24, 2.45) is 0 Å². The third-order valence-electron chi connectivity index (χ3n) is 2.93. The zero-order chi connectivity index (χ0) is 13.8. The number of furan rings is 1. The fourth-order valence-corrected chi connectivity index (χ4v) is 1.94. The summed E-state index contributed by atoms with van der Waals surface area (Å²) in [6, 6.07) is 18.5. The van der Waals surface area contributed by atoms with Crippen LogP contribution >= 0.6 is 0 Å². The Kier molecular flexibility index (Phi) is 3.33. The highest BCUT2D eigenvalue weighted by Crippen LogP contribution is 2.12. The monoisotopic (exact) mass is 264 g/mol. The Labute approximate surface area is 115 Å². The van der Waals surface area contributed by atoms with Gasteiger partial charge in [-0.1, -0.05) is 30.3 Å². The van der Waals surface area contributed by atoms with Crippen LogP contribution in [0.3, 0.4) is 0 Å². The van der Waals surface area contributed by atoms with Crippen LogP contribution in [-0.4, -0.2) is 0 Å². The van der Waals surface area contributed by atoms with Gasteiger partial charge in [0.15, 0.2) is 5.43 Å². The van der Waals surface area contributed by atoms with Gasteiger partial charge in [0, 0.05) is 11.5 Å². The van der Waals surface area contributed by atoms with Crippen molar-refractivity contribution in [1.82, 2.24) is 0 Å². The first-order valence-corrected chi connectivity index (χ1v) is 6.23. The lowest BCUT2D eigenvalue weighted by Crippen LogP contribution is -1.96. The predicted octanol–water partition coefficient (Wildman–Crippen LogP) is 4.23. The van der Waals surface area contributed by atoms with Gasteiger partial charge in [-0.3, -0.25) is 4.79 Å². The molecule has 0 radical (unpaired) electrons. The maximum absolute atomic E-state index is 11.1. The van der Waals surface area contributed by atoms with E-state index in [0.29, 0.717) is 11.0 Å². The van der Waals surface area contributed by atoms with E-state index in [1.807, 2.05) is 42.5 Å². The first-order chi connectivity index (χ1) is 9.84. The molecule has 20 heavy (non-hydrogen) atoms. The van der Waals surface area contributed by atoms with E-state index >= 15 is 0 Å². The largest absolute Gasteiger partial charge is 0.464 e. The highest BCUT2D eigenvalue weighted by molar-refractivity contribution is 5.76. The zero-order valence-corrected chi connectivity index (χ0v) is 10.7. The molecule has 0 aliphatic heterocycles. The van der Waals surface area contributed by atoms with Gasteiger partial charge in [-0.05, 0) is 24.3 Å². The molecule has 2 heterocycles. The second-order valence-corrected chi connectivity index (χ2v) is 4.24. The minimum Gasteiger partial charge on any atom is -0.464 e. The van der Waals surface area contributed by atoms with E-state index in [9.17, 15) is 4.79 Å². The van der Waals surface area contributed by atoms with Crippen LogP contribution in [0.5, 0.6) is 0 Å². The molecule has 4 rings (SSSR count). The highest BCUT2D eigenvalue weighted by atomic mass is 16.3. The Bertz CT molecular complexity index is 851. The van der Waals surface area contributed by atoms with E-state index in [0.717, 1.165) is 11.0 Å². The van der Waals surface area contributed by atoms with Crippen LogP contribution in [0.4, 0.5) is 0 Å². The summed E-state index contributed by atoms with van der Waals surface area (Å²) in [4.78, 5) is 11.1. The summed E-state index contributed by atoms with van der Waals surface area (Å²) in [6.45, 7) is 0. The molecule has 0 aliphatic carbocycles. The van der Waals surface area contributed by atoms with Crippen LogP contribution < -0.4 is 5.43 Å². The molecule has 2 aromatic carbocycles. The summed E-state index contributed by atoms with van der Waals surface area (Å²) in [5, 5.41) is 1.80. The van der Waals surface area contributed by atoms with E-state index < -0.39 is 0 Å². The lowest BCUT2D eigenvalue weighted by atomic mass is 10.2. The van der Waals surface area contributed by atoms with Crippen molar-refractivity contribution in [3.8, 4) is 0 Å². The third kappa shape index (κ3) is 2.47. The molecule has 3 heteroatoms. The summed E-state index contributed by atoms with van der Waals surface area (Å²) in [7, 11) is 0.